The minimum Gasteiger partial charge on any atom is -0.371 e. The van der Waals surface area contributed by atoms with Gasteiger partial charge in [0.05, 0.1) is 11.3 Å². The third-order valence-electron chi connectivity index (χ3n) is 7.70. The molecule has 1 saturated carbocycles. The number of hydrogen-bond donors (Lipinski definition) is 2. The predicted molar refractivity (Wildman–Crippen MR) is 152 cm³/mol. The van der Waals surface area contributed by atoms with Gasteiger partial charge in [-0.15, -0.1) is 0 Å². The second kappa shape index (κ2) is 10.2. The van der Waals surface area contributed by atoms with Crippen LogP contribution in [0.2, 0.25) is 0 Å². The van der Waals surface area contributed by atoms with Crippen LogP contribution in [0.15, 0.2) is 24.3 Å². The zero-order chi connectivity index (χ0) is 27.1. The quantitative estimate of drug-likeness (QED) is 0.402. The molecule has 2 aromatic rings. The first-order valence-corrected chi connectivity index (χ1v) is 14.4. The third-order valence-corrected chi connectivity index (χ3v) is 8.65. The number of nitrogens with one attached hydrogen (secondary N) is 2. The molecular formula is C28H38F2N6OS. The van der Waals surface area contributed by atoms with E-state index < -0.39 is 5.92 Å². The van der Waals surface area contributed by atoms with E-state index in [9.17, 15) is 13.6 Å². The number of alkyl halides is 2. The molecule has 1 spiro atoms. The van der Waals surface area contributed by atoms with Gasteiger partial charge in [-0.1, -0.05) is 0 Å². The number of nitrogens with zero attached hydrogens (tertiary/aromatic N) is 4. The Labute approximate surface area is 228 Å². The summed E-state index contributed by atoms with van der Waals surface area (Å²) >= 11 is 1.65. The van der Waals surface area contributed by atoms with Crippen molar-refractivity contribution in [1.82, 2.24) is 9.97 Å². The molecule has 38 heavy (non-hydrogen) atoms. The van der Waals surface area contributed by atoms with Crippen LogP contribution in [-0.4, -0.2) is 52.7 Å². The molecule has 0 bridgehead atoms. The molecule has 3 fully saturated rings. The summed E-state index contributed by atoms with van der Waals surface area (Å²) in [7, 11) is 0. The minimum atomic E-state index is -2.65. The summed E-state index contributed by atoms with van der Waals surface area (Å²) in [5.41, 5.74) is 3.68. The smallest absolute Gasteiger partial charge is 0.258 e. The molecule has 1 amide bonds. The number of aryl methyl sites for hydroxylation is 1. The van der Waals surface area contributed by atoms with Gasteiger partial charge in [0.25, 0.3) is 11.8 Å². The molecule has 206 valence electrons. The average molecular weight is 545 g/mol. The van der Waals surface area contributed by atoms with Crippen LogP contribution in [0.1, 0.15) is 75.3 Å². The molecule has 2 N–H and O–H groups in total. The van der Waals surface area contributed by atoms with Crippen molar-refractivity contribution in [3.8, 4) is 0 Å². The van der Waals surface area contributed by atoms with Crippen LogP contribution in [0.4, 0.5) is 31.9 Å². The van der Waals surface area contributed by atoms with E-state index in [4.69, 9.17) is 0 Å². The van der Waals surface area contributed by atoms with E-state index in [1.807, 2.05) is 19.1 Å². The number of piperidine rings is 2. The van der Waals surface area contributed by atoms with Gasteiger partial charge in [-0.2, -0.15) is 4.98 Å². The maximum Gasteiger partial charge on any atom is 0.258 e. The zero-order valence-corrected chi connectivity index (χ0v) is 23.6. The van der Waals surface area contributed by atoms with Crippen molar-refractivity contribution in [3.05, 3.63) is 35.5 Å². The first kappa shape index (κ1) is 27.0. The Morgan fingerprint density at radius 2 is 1.61 bits per heavy atom. The number of amides is 1. The highest BCUT2D eigenvalue weighted by molar-refractivity contribution is 8.01. The maximum atomic E-state index is 13.6. The standard InChI is InChI=1S/C28H38F2N6OS/c1-19-17-23(33-25(31-19)36-15-11-28(29,30)12-16-36)32-24(37)21-6-5-20(34-38-26(2,3)4)18-22(21)35-13-9-27(7-8-27)10-14-35/h5-6,17-18,34H,7-16H2,1-4H3,(H,31,32,33,37). The molecule has 10 heteroatoms. The number of carbonyl (C=O) groups excluding carboxylic acids is 1. The van der Waals surface area contributed by atoms with Crippen LogP contribution in [0.3, 0.4) is 0 Å². The van der Waals surface area contributed by atoms with E-state index in [-0.39, 0.29) is 36.6 Å². The van der Waals surface area contributed by atoms with Gasteiger partial charge in [0.15, 0.2) is 0 Å². The lowest BCUT2D eigenvalue weighted by Crippen LogP contribution is -2.40. The summed E-state index contributed by atoms with van der Waals surface area (Å²) < 4.78 is 30.8. The Hall–Kier alpha value is -2.62. The summed E-state index contributed by atoms with van der Waals surface area (Å²) in [5, 5.41) is 2.96. The van der Waals surface area contributed by atoms with Crippen LogP contribution in [0, 0.1) is 12.3 Å². The Morgan fingerprint density at radius 1 is 0.947 bits per heavy atom. The van der Waals surface area contributed by atoms with Gasteiger partial charge in [-0.3, -0.25) is 4.79 Å². The highest BCUT2D eigenvalue weighted by atomic mass is 32.2. The third kappa shape index (κ3) is 6.50. The van der Waals surface area contributed by atoms with Gasteiger partial charge in [0.1, 0.15) is 5.82 Å². The van der Waals surface area contributed by atoms with Crippen molar-refractivity contribution in [1.29, 1.82) is 0 Å². The van der Waals surface area contributed by atoms with Crippen LogP contribution in [0.5, 0.6) is 0 Å². The van der Waals surface area contributed by atoms with Crippen molar-refractivity contribution in [2.24, 2.45) is 5.41 Å². The predicted octanol–water partition coefficient (Wildman–Crippen LogP) is 6.51. The molecule has 5 rings (SSSR count). The first-order valence-electron chi connectivity index (χ1n) is 13.5. The highest BCUT2D eigenvalue weighted by Crippen LogP contribution is 2.54. The lowest BCUT2D eigenvalue weighted by molar-refractivity contribution is -0.0222. The van der Waals surface area contributed by atoms with Gasteiger partial charge in [0.2, 0.25) is 5.95 Å². The molecule has 2 saturated heterocycles. The molecule has 1 aliphatic carbocycles. The van der Waals surface area contributed by atoms with Crippen molar-refractivity contribution in [2.75, 3.05) is 46.0 Å². The molecule has 3 heterocycles. The summed E-state index contributed by atoms with van der Waals surface area (Å²) in [6.45, 7) is 10.5. The molecule has 2 aliphatic heterocycles. The number of aromatic nitrogens is 2. The van der Waals surface area contributed by atoms with Crippen LogP contribution >= 0.6 is 11.9 Å². The topological polar surface area (TPSA) is 73.4 Å². The van der Waals surface area contributed by atoms with E-state index in [0.29, 0.717) is 28.4 Å². The summed E-state index contributed by atoms with van der Waals surface area (Å²) in [5.74, 6) is -2.13. The van der Waals surface area contributed by atoms with E-state index in [2.05, 4.69) is 51.7 Å². The fraction of sp³-hybridized carbons (Fsp3) is 0.607. The highest BCUT2D eigenvalue weighted by Gasteiger charge is 2.44. The molecule has 0 radical (unpaired) electrons. The maximum absolute atomic E-state index is 13.6. The van der Waals surface area contributed by atoms with E-state index in [0.717, 1.165) is 37.3 Å². The number of halogens is 2. The molecule has 0 unspecified atom stereocenters. The van der Waals surface area contributed by atoms with Crippen molar-refractivity contribution >= 4 is 41.0 Å². The van der Waals surface area contributed by atoms with E-state index >= 15 is 0 Å². The van der Waals surface area contributed by atoms with Crippen molar-refractivity contribution < 1.29 is 13.6 Å². The average Bonchev–Trinajstić information content (AvgIpc) is 3.61. The minimum absolute atomic E-state index is 0.0481. The normalized spacial score (nSPS) is 20.4. The van der Waals surface area contributed by atoms with E-state index in [1.54, 1.807) is 22.9 Å². The molecular weight excluding hydrogens is 506 g/mol. The monoisotopic (exact) mass is 544 g/mol. The number of hydrogen-bond acceptors (Lipinski definition) is 7. The molecule has 1 aromatic heterocycles. The summed E-state index contributed by atoms with van der Waals surface area (Å²) in [6.07, 6.45) is 4.52. The van der Waals surface area contributed by atoms with Crippen LogP contribution in [-0.2, 0) is 0 Å². The summed E-state index contributed by atoms with van der Waals surface area (Å²) in [6, 6.07) is 7.60. The Bertz CT molecular complexity index is 1180. The Kier molecular flexibility index (Phi) is 7.22. The van der Waals surface area contributed by atoms with Gasteiger partial charge in [-0.25, -0.2) is 13.8 Å². The molecule has 3 aliphatic rings. The second-order valence-electron chi connectivity index (χ2n) is 12.0. The van der Waals surface area contributed by atoms with E-state index in [1.165, 1.54) is 12.8 Å². The van der Waals surface area contributed by atoms with Crippen molar-refractivity contribution in [2.45, 2.75) is 76.9 Å². The molecule has 0 atom stereocenters. The first-order chi connectivity index (χ1) is 17.9. The summed E-state index contributed by atoms with van der Waals surface area (Å²) in [4.78, 5) is 26.7. The fourth-order valence-electron chi connectivity index (χ4n) is 5.14. The zero-order valence-electron chi connectivity index (χ0n) is 22.7. The van der Waals surface area contributed by atoms with Gasteiger partial charge < -0.3 is 19.8 Å². The number of anilines is 4. The Morgan fingerprint density at radius 3 is 2.24 bits per heavy atom. The van der Waals surface area contributed by atoms with Crippen LogP contribution in [0.25, 0.3) is 0 Å². The number of carbonyl (C=O) groups is 1. The van der Waals surface area contributed by atoms with Crippen molar-refractivity contribution in [3.63, 3.8) is 0 Å². The lowest BCUT2D eigenvalue weighted by Gasteiger charge is -2.35. The lowest BCUT2D eigenvalue weighted by atomic mass is 9.93. The Balaban J connectivity index is 1.36. The number of rotatable bonds is 6. The second-order valence-corrected chi connectivity index (χ2v) is 13.7. The van der Waals surface area contributed by atoms with Crippen LogP contribution < -0.4 is 19.8 Å². The largest absolute Gasteiger partial charge is 0.371 e. The number of benzene rings is 1. The van der Waals surface area contributed by atoms with Gasteiger partial charge in [0, 0.05) is 61.2 Å². The van der Waals surface area contributed by atoms with Gasteiger partial charge in [-0.05, 0) is 88.9 Å². The fourth-order valence-corrected chi connectivity index (χ4v) is 5.69. The molecule has 1 aromatic carbocycles. The van der Waals surface area contributed by atoms with Gasteiger partial charge >= 0.3 is 0 Å². The molecule has 7 nitrogen and oxygen atoms in total. The SMILES string of the molecule is Cc1cc(NC(=O)c2ccc(NSC(C)(C)C)cc2N2CCC3(CC2)CC3)nc(N2CCC(F)(F)CC2)n1.